The number of halogens is 1. The van der Waals surface area contributed by atoms with E-state index in [1.54, 1.807) is 23.1 Å². The summed E-state index contributed by atoms with van der Waals surface area (Å²) in [5.41, 5.74) is 1.84. The van der Waals surface area contributed by atoms with E-state index < -0.39 is 0 Å². The van der Waals surface area contributed by atoms with Crippen molar-refractivity contribution in [2.45, 2.75) is 43.9 Å². The van der Waals surface area contributed by atoms with Crippen molar-refractivity contribution in [3.05, 3.63) is 45.3 Å². The number of anilines is 1. The molecule has 1 atom stereocenters. The molecule has 136 valence electrons. The molecule has 0 saturated carbocycles. The van der Waals surface area contributed by atoms with Gasteiger partial charge in [-0.25, -0.2) is 0 Å². The number of amides is 1. The molecular formula is C20H21ClN2OS2. The van der Waals surface area contributed by atoms with E-state index in [0.717, 1.165) is 51.9 Å². The van der Waals surface area contributed by atoms with Crippen LogP contribution in [-0.2, 0) is 17.6 Å². The maximum atomic E-state index is 12.3. The predicted molar refractivity (Wildman–Crippen MR) is 110 cm³/mol. The van der Waals surface area contributed by atoms with Gasteiger partial charge in [-0.15, -0.1) is 23.1 Å². The highest BCUT2D eigenvalue weighted by Gasteiger charge is 2.24. The minimum atomic E-state index is -0.00940. The SMILES string of the molecule is CC1CCc2c(sc(NC(=O)CCCSc3ccc(Cl)cc3)c2C#N)C1. The second-order valence-electron chi connectivity index (χ2n) is 6.62. The van der Waals surface area contributed by atoms with Crippen LogP contribution in [0.25, 0.3) is 0 Å². The Bertz CT molecular complexity index is 824. The molecule has 6 heteroatoms. The van der Waals surface area contributed by atoms with Crippen molar-refractivity contribution in [1.29, 1.82) is 5.26 Å². The van der Waals surface area contributed by atoms with Gasteiger partial charge in [0, 0.05) is 21.2 Å². The van der Waals surface area contributed by atoms with Crippen molar-refractivity contribution in [2.24, 2.45) is 5.92 Å². The van der Waals surface area contributed by atoms with Crippen LogP contribution in [-0.4, -0.2) is 11.7 Å². The lowest BCUT2D eigenvalue weighted by molar-refractivity contribution is -0.116. The Kier molecular flexibility index (Phi) is 6.63. The third-order valence-electron chi connectivity index (χ3n) is 4.51. The summed E-state index contributed by atoms with van der Waals surface area (Å²) in [6, 6.07) is 10.0. The second kappa shape index (κ2) is 8.94. The van der Waals surface area contributed by atoms with E-state index in [4.69, 9.17) is 11.6 Å². The summed E-state index contributed by atoms with van der Waals surface area (Å²) in [6.45, 7) is 2.24. The van der Waals surface area contributed by atoms with Gasteiger partial charge in [0.2, 0.25) is 5.91 Å². The van der Waals surface area contributed by atoms with E-state index in [-0.39, 0.29) is 5.91 Å². The van der Waals surface area contributed by atoms with Crippen LogP contribution in [0.4, 0.5) is 5.00 Å². The first-order valence-electron chi connectivity index (χ1n) is 8.79. The van der Waals surface area contributed by atoms with Crippen molar-refractivity contribution in [3.8, 4) is 6.07 Å². The maximum absolute atomic E-state index is 12.3. The number of carbonyl (C=O) groups excluding carboxylic acids is 1. The van der Waals surface area contributed by atoms with Crippen LogP contribution in [0.1, 0.15) is 42.2 Å². The second-order valence-corrected chi connectivity index (χ2v) is 9.33. The van der Waals surface area contributed by atoms with Gasteiger partial charge in [0.05, 0.1) is 5.56 Å². The molecule has 0 fully saturated rings. The van der Waals surface area contributed by atoms with Crippen molar-refractivity contribution in [1.82, 2.24) is 0 Å². The largest absolute Gasteiger partial charge is 0.317 e. The van der Waals surface area contributed by atoms with E-state index in [9.17, 15) is 10.1 Å². The Morgan fingerprint density at radius 2 is 2.19 bits per heavy atom. The number of hydrogen-bond acceptors (Lipinski definition) is 4. The molecule has 1 unspecified atom stereocenters. The Balaban J connectivity index is 1.50. The zero-order chi connectivity index (χ0) is 18.5. The monoisotopic (exact) mass is 404 g/mol. The van der Waals surface area contributed by atoms with Gasteiger partial charge < -0.3 is 5.32 Å². The normalized spacial score (nSPS) is 16.0. The fraction of sp³-hybridized carbons (Fsp3) is 0.400. The molecule has 0 radical (unpaired) electrons. The van der Waals surface area contributed by atoms with Crippen LogP contribution < -0.4 is 5.32 Å². The lowest BCUT2D eigenvalue weighted by Gasteiger charge is -2.17. The summed E-state index contributed by atoms with van der Waals surface area (Å²) in [5.74, 6) is 1.52. The highest BCUT2D eigenvalue weighted by Crippen LogP contribution is 2.39. The third kappa shape index (κ3) is 4.82. The molecule has 3 rings (SSSR count). The number of rotatable bonds is 6. The number of nitriles is 1. The van der Waals surface area contributed by atoms with Crippen LogP contribution in [0, 0.1) is 17.2 Å². The van der Waals surface area contributed by atoms with E-state index in [1.165, 1.54) is 4.88 Å². The molecule has 1 aromatic heterocycles. The summed E-state index contributed by atoms with van der Waals surface area (Å²) in [5, 5.41) is 13.9. The van der Waals surface area contributed by atoms with E-state index >= 15 is 0 Å². The lowest BCUT2D eigenvalue weighted by Crippen LogP contribution is -2.12. The molecular weight excluding hydrogens is 384 g/mol. The Hall–Kier alpha value is -1.48. The molecule has 2 aromatic rings. The number of thioether (sulfide) groups is 1. The topological polar surface area (TPSA) is 52.9 Å². The molecule has 1 aliphatic carbocycles. The van der Waals surface area contributed by atoms with Gasteiger partial charge in [-0.05, 0) is 67.2 Å². The number of carbonyl (C=O) groups is 1. The molecule has 0 spiro atoms. The molecule has 1 aliphatic rings. The third-order valence-corrected chi connectivity index (χ3v) is 7.03. The fourth-order valence-electron chi connectivity index (χ4n) is 3.10. The summed E-state index contributed by atoms with van der Waals surface area (Å²) in [6.07, 6.45) is 4.34. The van der Waals surface area contributed by atoms with Crippen LogP contribution in [0.15, 0.2) is 29.2 Å². The van der Waals surface area contributed by atoms with Gasteiger partial charge in [0.1, 0.15) is 11.1 Å². The molecule has 1 aromatic carbocycles. The van der Waals surface area contributed by atoms with Crippen molar-refractivity contribution in [2.75, 3.05) is 11.1 Å². The summed E-state index contributed by atoms with van der Waals surface area (Å²) < 4.78 is 0. The van der Waals surface area contributed by atoms with Gasteiger partial charge in [-0.3, -0.25) is 4.79 Å². The molecule has 1 N–H and O–H groups in total. The fourth-order valence-corrected chi connectivity index (χ4v) is 5.46. The molecule has 0 aliphatic heterocycles. The van der Waals surface area contributed by atoms with Gasteiger partial charge in [0.15, 0.2) is 0 Å². The molecule has 26 heavy (non-hydrogen) atoms. The Morgan fingerprint density at radius 3 is 2.92 bits per heavy atom. The highest BCUT2D eigenvalue weighted by molar-refractivity contribution is 7.99. The molecule has 1 amide bonds. The van der Waals surface area contributed by atoms with Crippen molar-refractivity contribution in [3.63, 3.8) is 0 Å². The first-order valence-corrected chi connectivity index (χ1v) is 11.0. The molecule has 3 nitrogen and oxygen atoms in total. The minimum absolute atomic E-state index is 0.00940. The molecule has 0 bridgehead atoms. The van der Waals surface area contributed by atoms with Crippen LogP contribution in [0.2, 0.25) is 5.02 Å². The number of fused-ring (bicyclic) bond motifs is 1. The number of nitrogens with zero attached hydrogens (tertiary/aromatic N) is 1. The van der Waals surface area contributed by atoms with E-state index in [2.05, 4.69) is 18.3 Å². The minimum Gasteiger partial charge on any atom is -0.317 e. The Labute approximate surface area is 167 Å². The van der Waals surface area contributed by atoms with Gasteiger partial charge in [0.25, 0.3) is 0 Å². The van der Waals surface area contributed by atoms with E-state index in [1.807, 2.05) is 24.3 Å². The molecule has 1 heterocycles. The van der Waals surface area contributed by atoms with Crippen molar-refractivity contribution < 1.29 is 4.79 Å². The standard InChI is InChI=1S/C20H21ClN2OS2/c1-13-4-9-16-17(12-22)20(26-18(16)11-13)23-19(24)3-2-10-25-15-7-5-14(21)6-8-15/h5-8,13H,2-4,9-11H2,1H3,(H,23,24). The predicted octanol–water partition coefficient (Wildman–Crippen LogP) is 5.91. The van der Waals surface area contributed by atoms with Gasteiger partial charge >= 0.3 is 0 Å². The summed E-state index contributed by atoms with van der Waals surface area (Å²) >= 11 is 9.18. The zero-order valence-corrected chi connectivity index (χ0v) is 17.1. The van der Waals surface area contributed by atoms with Crippen molar-refractivity contribution >= 4 is 45.6 Å². The number of nitrogens with one attached hydrogen (secondary N) is 1. The summed E-state index contributed by atoms with van der Waals surface area (Å²) in [7, 11) is 0. The quantitative estimate of drug-likeness (QED) is 0.481. The van der Waals surface area contributed by atoms with Gasteiger partial charge in [-0.2, -0.15) is 5.26 Å². The van der Waals surface area contributed by atoms with E-state index in [0.29, 0.717) is 17.9 Å². The number of hydrogen-bond donors (Lipinski definition) is 1. The molecule has 0 saturated heterocycles. The van der Waals surface area contributed by atoms with Crippen LogP contribution in [0.3, 0.4) is 0 Å². The average Bonchev–Trinajstić information content (AvgIpc) is 2.96. The number of benzene rings is 1. The first-order chi connectivity index (χ1) is 12.6. The first kappa shape index (κ1) is 19.3. The number of thiophene rings is 1. The smallest absolute Gasteiger partial charge is 0.225 e. The Morgan fingerprint density at radius 1 is 1.42 bits per heavy atom. The average molecular weight is 405 g/mol. The van der Waals surface area contributed by atoms with Crippen LogP contribution >= 0.6 is 34.7 Å². The maximum Gasteiger partial charge on any atom is 0.225 e. The highest BCUT2D eigenvalue weighted by atomic mass is 35.5. The zero-order valence-electron chi connectivity index (χ0n) is 14.7. The van der Waals surface area contributed by atoms with Crippen LogP contribution in [0.5, 0.6) is 0 Å². The van der Waals surface area contributed by atoms with Gasteiger partial charge in [-0.1, -0.05) is 18.5 Å². The lowest BCUT2D eigenvalue weighted by atomic mass is 9.89. The summed E-state index contributed by atoms with van der Waals surface area (Å²) in [4.78, 5) is 14.7.